The van der Waals surface area contributed by atoms with Crippen LogP contribution in [0.2, 0.25) is 0 Å². The molecule has 0 amide bonds. The zero-order valence-electron chi connectivity index (χ0n) is 19.2. The Labute approximate surface area is 224 Å². The zero-order chi connectivity index (χ0) is 24.3. The number of aromatic amines is 2. The third-order valence-electron chi connectivity index (χ3n) is 5.35. The van der Waals surface area contributed by atoms with Crippen molar-refractivity contribution in [2.75, 3.05) is 0 Å². The van der Waals surface area contributed by atoms with E-state index in [1.165, 1.54) is 32.3 Å². The number of benzene rings is 4. The molecule has 4 aromatic carbocycles. The number of H-pyrrole nitrogens is 2. The van der Waals surface area contributed by atoms with Crippen LogP contribution in [0.5, 0.6) is 0 Å². The maximum atomic E-state index is 4.27. The molecular formula is C30H27BrN2S2. The van der Waals surface area contributed by atoms with Gasteiger partial charge in [-0.2, -0.15) is 0 Å². The van der Waals surface area contributed by atoms with Crippen molar-refractivity contribution in [1.82, 2.24) is 9.97 Å². The number of aromatic nitrogens is 2. The molecule has 0 fully saturated rings. The van der Waals surface area contributed by atoms with Gasteiger partial charge in [-0.1, -0.05) is 113 Å². The molecule has 2 N–H and O–H groups in total. The molecule has 0 aliphatic heterocycles. The van der Waals surface area contributed by atoms with E-state index in [2.05, 4.69) is 111 Å². The van der Waals surface area contributed by atoms with E-state index in [0.29, 0.717) is 0 Å². The number of halogens is 1. The Morgan fingerprint density at radius 3 is 1.71 bits per heavy atom. The molecule has 0 saturated heterocycles. The van der Waals surface area contributed by atoms with E-state index in [1.807, 2.05) is 60.4 Å². The Morgan fingerprint density at radius 1 is 0.600 bits per heavy atom. The fraction of sp³-hybridized carbons (Fsp3) is 0.0667. The highest BCUT2D eigenvalue weighted by atomic mass is 79.9. The summed E-state index contributed by atoms with van der Waals surface area (Å²) < 4.78 is 0. The van der Waals surface area contributed by atoms with Gasteiger partial charge in [0, 0.05) is 55.1 Å². The first-order valence-electron chi connectivity index (χ1n) is 11.3. The smallest absolute Gasteiger partial charge is 0.0465 e. The largest absolute Gasteiger partial charge is 0.360 e. The molecule has 2 heterocycles. The minimum atomic E-state index is 0.952. The molecule has 0 atom stereocenters. The number of hydrogen-bond donors (Lipinski definition) is 3. The van der Waals surface area contributed by atoms with Crippen LogP contribution >= 0.6 is 40.3 Å². The normalized spacial score (nSPS) is 10.3. The molecule has 6 aromatic rings. The summed E-state index contributed by atoms with van der Waals surface area (Å²) in [5.41, 5.74) is 5.05. The molecule has 0 radical (unpaired) electrons. The van der Waals surface area contributed by atoms with E-state index in [0.717, 1.165) is 21.5 Å². The zero-order valence-corrected chi connectivity index (χ0v) is 22.5. The lowest BCUT2D eigenvalue weighted by molar-refractivity contribution is 1.38. The maximum absolute atomic E-state index is 4.27. The van der Waals surface area contributed by atoms with Gasteiger partial charge in [-0.15, -0.1) is 24.4 Å². The number of alkyl halides is 1. The lowest BCUT2D eigenvalue weighted by Gasteiger charge is -2.00. The molecule has 0 aliphatic rings. The fourth-order valence-corrected chi connectivity index (χ4v) is 5.15. The van der Waals surface area contributed by atoms with E-state index >= 15 is 0 Å². The minimum absolute atomic E-state index is 0.952. The maximum Gasteiger partial charge on any atom is 0.0465 e. The van der Waals surface area contributed by atoms with Crippen molar-refractivity contribution in [2.24, 2.45) is 0 Å². The Balaban J connectivity index is 0.000000136. The van der Waals surface area contributed by atoms with Crippen LogP contribution in [-0.2, 0) is 11.1 Å². The monoisotopic (exact) mass is 558 g/mol. The molecule has 0 spiro atoms. The predicted molar refractivity (Wildman–Crippen MR) is 159 cm³/mol. The van der Waals surface area contributed by atoms with Crippen LogP contribution in [0.15, 0.2) is 131 Å². The third kappa shape index (κ3) is 7.31. The molecule has 6 rings (SSSR count). The molecular weight excluding hydrogens is 532 g/mol. The average Bonchev–Trinajstić information content (AvgIpc) is 3.53. The van der Waals surface area contributed by atoms with Crippen molar-refractivity contribution < 1.29 is 0 Å². The standard InChI is InChI=1S/C15H13NS.C8H7NS.C7H7Br/c1-2-6-12(7-3-1)11-17-15-10-16-14-9-5-4-8-13(14)15;10-8-5-9-7-4-2-1-3-6(7)8;8-6-7-4-2-1-3-5-7/h1-10,16H,11H2;1-5,9-10H;1-5H,6H2. The van der Waals surface area contributed by atoms with Gasteiger partial charge in [0.2, 0.25) is 0 Å². The lowest BCUT2D eigenvalue weighted by Crippen LogP contribution is -1.78. The SMILES string of the molecule is BrCc1ccccc1.Sc1c[nH]c2ccccc12.c1ccc(CSc2c[nH]c3ccccc23)cc1. The number of fused-ring (bicyclic) bond motifs is 2. The summed E-state index contributed by atoms with van der Waals surface area (Å²) in [6.07, 6.45) is 3.99. The summed E-state index contributed by atoms with van der Waals surface area (Å²) in [5, 5.41) is 3.45. The first kappa shape index (κ1) is 25.2. The van der Waals surface area contributed by atoms with Crippen molar-refractivity contribution in [1.29, 1.82) is 0 Å². The number of nitrogens with one attached hydrogen (secondary N) is 2. The summed E-state index contributed by atoms with van der Waals surface area (Å²) >= 11 is 9.51. The highest BCUT2D eigenvalue weighted by Crippen LogP contribution is 2.30. The number of thiol groups is 1. The number of hydrogen-bond acceptors (Lipinski definition) is 2. The molecule has 2 aromatic heterocycles. The highest BCUT2D eigenvalue weighted by molar-refractivity contribution is 9.08. The molecule has 0 saturated carbocycles. The lowest BCUT2D eigenvalue weighted by atomic mass is 10.2. The summed E-state index contributed by atoms with van der Waals surface area (Å²) in [5.74, 6) is 1.02. The molecule has 0 aliphatic carbocycles. The van der Waals surface area contributed by atoms with Gasteiger partial charge in [-0.05, 0) is 23.3 Å². The number of rotatable bonds is 4. The van der Waals surface area contributed by atoms with E-state index < -0.39 is 0 Å². The topological polar surface area (TPSA) is 31.6 Å². The van der Waals surface area contributed by atoms with E-state index in [1.54, 1.807) is 0 Å². The molecule has 35 heavy (non-hydrogen) atoms. The van der Waals surface area contributed by atoms with E-state index in [9.17, 15) is 0 Å². The Hall–Kier alpha value is -2.86. The van der Waals surface area contributed by atoms with Gasteiger partial charge in [0.05, 0.1) is 0 Å². The van der Waals surface area contributed by atoms with Crippen molar-refractivity contribution in [3.8, 4) is 0 Å². The number of thioether (sulfide) groups is 1. The minimum Gasteiger partial charge on any atom is -0.360 e. The third-order valence-corrected chi connectivity index (χ3v) is 7.50. The summed E-state index contributed by atoms with van der Waals surface area (Å²) in [4.78, 5) is 8.75. The van der Waals surface area contributed by atoms with Gasteiger partial charge in [0.1, 0.15) is 0 Å². The van der Waals surface area contributed by atoms with Crippen molar-refractivity contribution in [3.63, 3.8) is 0 Å². The van der Waals surface area contributed by atoms with Crippen LogP contribution in [-0.4, -0.2) is 9.97 Å². The molecule has 2 nitrogen and oxygen atoms in total. The van der Waals surface area contributed by atoms with Gasteiger partial charge in [-0.25, -0.2) is 0 Å². The van der Waals surface area contributed by atoms with Crippen molar-refractivity contribution in [3.05, 3.63) is 133 Å². The summed E-state index contributed by atoms with van der Waals surface area (Å²) in [7, 11) is 0. The molecule has 176 valence electrons. The van der Waals surface area contributed by atoms with E-state index in [4.69, 9.17) is 0 Å². The second-order valence-electron chi connectivity index (χ2n) is 7.81. The van der Waals surface area contributed by atoms with Crippen LogP contribution in [0.25, 0.3) is 21.8 Å². The van der Waals surface area contributed by atoms with Crippen LogP contribution < -0.4 is 0 Å². The van der Waals surface area contributed by atoms with Gasteiger partial charge in [-0.3, -0.25) is 0 Å². The van der Waals surface area contributed by atoms with Crippen molar-refractivity contribution >= 4 is 62.1 Å². The number of para-hydroxylation sites is 2. The van der Waals surface area contributed by atoms with Crippen LogP contribution in [0.3, 0.4) is 0 Å². The van der Waals surface area contributed by atoms with Crippen molar-refractivity contribution in [2.45, 2.75) is 20.9 Å². The van der Waals surface area contributed by atoms with Crippen LogP contribution in [0, 0.1) is 0 Å². The predicted octanol–water partition coefficient (Wildman–Crippen LogP) is 9.50. The second-order valence-corrected chi connectivity index (χ2v) is 9.87. The summed E-state index contributed by atoms with van der Waals surface area (Å²) in [6.45, 7) is 0. The molecule has 0 bridgehead atoms. The fourth-order valence-electron chi connectivity index (χ4n) is 3.52. The Kier molecular flexibility index (Phi) is 9.58. The van der Waals surface area contributed by atoms with Gasteiger partial charge < -0.3 is 9.97 Å². The van der Waals surface area contributed by atoms with E-state index in [-0.39, 0.29) is 0 Å². The highest BCUT2D eigenvalue weighted by Gasteiger charge is 2.03. The summed E-state index contributed by atoms with van der Waals surface area (Å²) in [6, 6.07) is 37.4. The Morgan fingerprint density at radius 2 is 1.11 bits per heavy atom. The van der Waals surface area contributed by atoms with Crippen LogP contribution in [0.4, 0.5) is 0 Å². The van der Waals surface area contributed by atoms with Gasteiger partial charge >= 0.3 is 0 Å². The van der Waals surface area contributed by atoms with Crippen LogP contribution in [0.1, 0.15) is 11.1 Å². The average molecular weight is 560 g/mol. The first-order chi connectivity index (χ1) is 17.2. The second kappa shape index (κ2) is 13.3. The first-order valence-corrected chi connectivity index (χ1v) is 13.9. The molecule has 5 heteroatoms. The van der Waals surface area contributed by atoms with Gasteiger partial charge in [0.25, 0.3) is 0 Å². The quantitative estimate of drug-likeness (QED) is 0.112. The molecule has 0 unspecified atom stereocenters. The van der Waals surface area contributed by atoms with Gasteiger partial charge in [0.15, 0.2) is 0 Å². The Bertz CT molecular complexity index is 1440.